The number of hydrogen-bond acceptors (Lipinski definition) is 2. The van der Waals surface area contributed by atoms with Crippen molar-refractivity contribution in [3.63, 3.8) is 0 Å². The Morgan fingerprint density at radius 1 is 1.29 bits per heavy atom. The molecule has 2 rings (SSSR count). The van der Waals surface area contributed by atoms with Crippen LogP contribution < -0.4 is 5.73 Å². The van der Waals surface area contributed by atoms with E-state index in [1.807, 2.05) is 17.8 Å². The van der Waals surface area contributed by atoms with E-state index in [0.717, 1.165) is 16.8 Å². The van der Waals surface area contributed by atoms with Gasteiger partial charge in [0.1, 0.15) is 5.82 Å². The highest BCUT2D eigenvalue weighted by atomic mass is 35.5. The second kappa shape index (κ2) is 5.80. The van der Waals surface area contributed by atoms with Gasteiger partial charge in [-0.2, -0.15) is 5.10 Å². The molecule has 5 heteroatoms. The van der Waals surface area contributed by atoms with Crippen molar-refractivity contribution in [3.8, 4) is 0 Å². The summed E-state index contributed by atoms with van der Waals surface area (Å²) in [6.45, 7) is 3.07. The molecule has 0 amide bonds. The molecule has 1 aromatic heterocycles. The van der Waals surface area contributed by atoms with Gasteiger partial charge in [-0.1, -0.05) is 12.1 Å². The van der Waals surface area contributed by atoms with Crippen LogP contribution in [0.15, 0.2) is 30.5 Å². The van der Waals surface area contributed by atoms with Gasteiger partial charge in [0.2, 0.25) is 0 Å². The molecular formula is C12H15ClFN3. The van der Waals surface area contributed by atoms with Crippen LogP contribution in [0.25, 0.3) is 0 Å². The summed E-state index contributed by atoms with van der Waals surface area (Å²) in [6, 6.07) is 6.42. The molecule has 0 aliphatic rings. The van der Waals surface area contributed by atoms with E-state index in [1.54, 1.807) is 12.1 Å². The van der Waals surface area contributed by atoms with Gasteiger partial charge in [0.25, 0.3) is 0 Å². The minimum absolute atomic E-state index is 0. The normalized spacial score (nSPS) is 10.1. The van der Waals surface area contributed by atoms with Gasteiger partial charge in [0.15, 0.2) is 0 Å². The number of aryl methyl sites for hydroxylation is 1. The van der Waals surface area contributed by atoms with E-state index < -0.39 is 0 Å². The van der Waals surface area contributed by atoms with Crippen molar-refractivity contribution >= 4 is 12.4 Å². The van der Waals surface area contributed by atoms with Crippen molar-refractivity contribution in [3.05, 3.63) is 53.1 Å². The summed E-state index contributed by atoms with van der Waals surface area (Å²) in [4.78, 5) is 0. The molecule has 2 N–H and O–H groups in total. The molecule has 3 nitrogen and oxygen atoms in total. The number of nitrogens with zero attached hydrogens (tertiary/aromatic N) is 2. The van der Waals surface area contributed by atoms with E-state index in [1.165, 1.54) is 12.1 Å². The molecule has 1 heterocycles. The molecule has 2 aromatic rings. The molecule has 0 unspecified atom stereocenters. The first-order valence-corrected chi connectivity index (χ1v) is 5.16. The van der Waals surface area contributed by atoms with Gasteiger partial charge >= 0.3 is 0 Å². The van der Waals surface area contributed by atoms with E-state index >= 15 is 0 Å². The van der Waals surface area contributed by atoms with Gasteiger partial charge < -0.3 is 5.73 Å². The maximum atomic E-state index is 12.7. The third-order valence-corrected chi connectivity index (χ3v) is 2.53. The molecule has 0 saturated carbocycles. The molecule has 0 radical (unpaired) electrons. The second-order valence-corrected chi connectivity index (χ2v) is 3.77. The van der Waals surface area contributed by atoms with Crippen LogP contribution in [0.3, 0.4) is 0 Å². The number of aromatic nitrogens is 2. The topological polar surface area (TPSA) is 43.8 Å². The average molecular weight is 256 g/mol. The van der Waals surface area contributed by atoms with Gasteiger partial charge in [-0.25, -0.2) is 4.39 Å². The molecule has 0 bridgehead atoms. The van der Waals surface area contributed by atoms with Gasteiger partial charge in [0, 0.05) is 18.3 Å². The minimum atomic E-state index is -0.219. The molecule has 0 aliphatic heterocycles. The summed E-state index contributed by atoms with van der Waals surface area (Å²) in [5.74, 6) is -0.219. The monoisotopic (exact) mass is 255 g/mol. The molecular weight excluding hydrogens is 241 g/mol. The number of nitrogens with two attached hydrogens (primary N) is 1. The van der Waals surface area contributed by atoms with Gasteiger partial charge in [-0.05, 0) is 24.6 Å². The van der Waals surface area contributed by atoms with Gasteiger partial charge in [-0.3, -0.25) is 4.68 Å². The minimum Gasteiger partial charge on any atom is -0.326 e. The average Bonchev–Trinajstić information content (AvgIpc) is 2.62. The van der Waals surface area contributed by atoms with Gasteiger partial charge in [0.05, 0.1) is 12.2 Å². The fourth-order valence-corrected chi connectivity index (χ4v) is 1.62. The lowest BCUT2D eigenvalue weighted by molar-refractivity contribution is 0.624. The lowest BCUT2D eigenvalue weighted by Crippen LogP contribution is -2.00. The maximum absolute atomic E-state index is 12.7. The maximum Gasteiger partial charge on any atom is 0.123 e. The Morgan fingerprint density at radius 3 is 2.47 bits per heavy atom. The van der Waals surface area contributed by atoms with Crippen molar-refractivity contribution < 1.29 is 4.39 Å². The zero-order valence-electron chi connectivity index (χ0n) is 9.56. The summed E-state index contributed by atoms with van der Waals surface area (Å²) in [5.41, 5.74) is 8.59. The van der Waals surface area contributed by atoms with Crippen molar-refractivity contribution in [2.45, 2.75) is 20.0 Å². The third kappa shape index (κ3) is 3.28. The molecule has 0 aliphatic carbocycles. The largest absolute Gasteiger partial charge is 0.326 e. The summed E-state index contributed by atoms with van der Waals surface area (Å²) in [7, 11) is 0. The van der Waals surface area contributed by atoms with E-state index in [-0.39, 0.29) is 18.2 Å². The quantitative estimate of drug-likeness (QED) is 0.914. The Balaban J connectivity index is 0.00000144. The number of hydrogen-bond donors (Lipinski definition) is 1. The van der Waals surface area contributed by atoms with E-state index in [4.69, 9.17) is 5.73 Å². The first kappa shape index (κ1) is 13.7. The Labute approximate surface area is 106 Å². The Bertz CT molecular complexity index is 479. The van der Waals surface area contributed by atoms with Crippen molar-refractivity contribution in [2.75, 3.05) is 0 Å². The molecule has 0 spiro atoms. The predicted octanol–water partition coefficient (Wildman–Crippen LogP) is 2.26. The van der Waals surface area contributed by atoms with Crippen LogP contribution >= 0.6 is 12.4 Å². The number of rotatable bonds is 3. The summed E-state index contributed by atoms with van der Waals surface area (Å²) < 4.78 is 14.5. The smallest absolute Gasteiger partial charge is 0.123 e. The van der Waals surface area contributed by atoms with Crippen LogP contribution in [0.1, 0.15) is 16.8 Å². The lowest BCUT2D eigenvalue weighted by atomic mass is 10.2. The molecule has 0 fully saturated rings. The number of halogens is 2. The molecule has 92 valence electrons. The van der Waals surface area contributed by atoms with Crippen LogP contribution in [0.4, 0.5) is 4.39 Å². The molecule has 17 heavy (non-hydrogen) atoms. The molecule has 1 aromatic carbocycles. The lowest BCUT2D eigenvalue weighted by Gasteiger charge is -2.01. The predicted molar refractivity (Wildman–Crippen MR) is 67.6 cm³/mol. The zero-order chi connectivity index (χ0) is 11.5. The van der Waals surface area contributed by atoms with Crippen LogP contribution in [-0.4, -0.2) is 9.78 Å². The van der Waals surface area contributed by atoms with Crippen LogP contribution in [0.2, 0.25) is 0 Å². The number of benzene rings is 1. The summed E-state index contributed by atoms with van der Waals surface area (Å²) >= 11 is 0. The SMILES string of the molecule is Cc1nn(Cc2ccc(F)cc2)cc1CN.Cl. The second-order valence-electron chi connectivity index (χ2n) is 3.77. The fraction of sp³-hybridized carbons (Fsp3) is 0.250. The summed E-state index contributed by atoms with van der Waals surface area (Å²) in [5, 5.41) is 4.34. The first-order valence-electron chi connectivity index (χ1n) is 5.16. The highest BCUT2D eigenvalue weighted by molar-refractivity contribution is 5.85. The van der Waals surface area contributed by atoms with E-state index in [2.05, 4.69) is 5.10 Å². The van der Waals surface area contributed by atoms with Crippen molar-refractivity contribution in [1.29, 1.82) is 0 Å². The first-order chi connectivity index (χ1) is 7.69. The zero-order valence-corrected chi connectivity index (χ0v) is 10.4. The van der Waals surface area contributed by atoms with Crippen LogP contribution in [0, 0.1) is 12.7 Å². The van der Waals surface area contributed by atoms with E-state index in [9.17, 15) is 4.39 Å². The Morgan fingerprint density at radius 2 is 1.94 bits per heavy atom. The summed E-state index contributed by atoms with van der Waals surface area (Å²) in [6.07, 6.45) is 1.93. The highest BCUT2D eigenvalue weighted by Crippen LogP contribution is 2.08. The molecule has 0 saturated heterocycles. The van der Waals surface area contributed by atoms with Crippen molar-refractivity contribution in [1.82, 2.24) is 9.78 Å². The standard InChI is InChI=1S/C12H14FN3.ClH/c1-9-11(6-14)8-16(15-9)7-10-2-4-12(13)5-3-10;/h2-5,8H,6-7,14H2,1H3;1H. The van der Waals surface area contributed by atoms with Gasteiger partial charge in [-0.15, -0.1) is 12.4 Å². The van der Waals surface area contributed by atoms with Crippen molar-refractivity contribution in [2.24, 2.45) is 5.73 Å². The van der Waals surface area contributed by atoms with E-state index in [0.29, 0.717) is 13.1 Å². The molecule has 0 atom stereocenters. The highest BCUT2D eigenvalue weighted by Gasteiger charge is 2.03. The van der Waals surface area contributed by atoms with Crippen LogP contribution in [0.5, 0.6) is 0 Å². The van der Waals surface area contributed by atoms with Crippen LogP contribution in [-0.2, 0) is 13.1 Å². The fourth-order valence-electron chi connectivity index (χ4n) is 1.62. The Kier molecular flexibility index (Phi) is 4.66. The Hall–Kier alpha value is -1.39. The third-order valence-electron chi connectivity index (χ3n) is 2.53.